The number of fused-ring (bicyclic) bond motifs is 2. The number of sulfonamides is 1. The van der Waals surface area contributed by atoms with Crippen molar-refractivity contribution < 1.29 is 13.2 Å². The summed E-state index contributed by atoms with van der Waals surface area (Å²) in [7, 11) is -1.93. The van der Waals surface area contributed by atoms with Crippen molar-refractivity contribution in [1.82, 2.24) is 14.6 Å². The molecule has 9 heteroatoms. The fourth-order valence-corrected chi connectivity index (χ4v) is 5.61. The van der Waals surface area contributed by atoms with Gasteiger partial charge in [0.05, 0.1) is 21.7 Å². The predicted octanol–water partition coefficient (Wildman–Crippen LogP) is 3.02. The number of nitrogens with zero attached hydrogens (tertiary/aromatic N) is 3. The molecule has 2 aromatic carbocycles. The van der Waals surface area contributed by atoms with Gasteiger partial charge in [0.2, 0.25) is 5.91 Å². The molecular weight excluding hydrogens is 420 g/mol. The fourth-order valence-electron chi connectivity index (χ4n) is 3.35. The van der Waals surface area contributed by atoms with Crippen molar-refractivity contribution in [1.29, 1.82) is 0 Å². The van der Waals surface area contributed by atoms with Gasteiger partial charge in [-0.25, -0.2) is 13.4 Å². The first kappa shape index (κ1) is 20.5. The fraction of sp³-hybridized carbons (Fsp3) is 0.286. The van der Waals surface area contributed by atoms with E-state index in [1.54, 1.807) is 41.5 Å². The maximum atomic E-state index is 13.2. The summed E-state index contributed by atoms with van der Waals surface area (Å²) in [6, 6.07) is 13.8. The Morgan fingerprint density at radius 2 is 1.87 bits per heavy atom. The van der Waals surface area contributed by atoms with Gasteiger partial charge in [0.1, 0.15) is 16.9 Å². The number of aromatic nitrogens is 1. The van der Waals surface area contributed by atoms with E-state index in [4.69, 9.17) is 0 Å². The molecule has 156 valence electrons. The van der Waals surface area contributed by atoms with Crippen LogP contribution in [0.25, 0.3) is 10.2 Å². The van der Waals surface area contributed by atoms with E-state index in [9.17, 15) is 13.2 Å². The summed E-state index contributed by atoms with van der Waals surface area (Å²) in [6.07, 6.45) is 0. The number of nitrogens with one attached hydrogen (secondary N) is 1. The average molecular weight is 443 g/mol. The van der Waals surface area contributed by atoms with E-state index < -0.39 is 16.1 Å². The molecule has 0 unspecified atom stereocenters. The molecule has 30 heavy (non-hydrogen) atoms. The Labute approximate surface area is 179 Å². The van der Waals surface area contributed by atoms with E-state index in [1.807, 2.05) is 38.1 Å². The lowest BCUT2D eigenvalue weighted by Crippen LogP contribution is -2.39. The minimum Gasteiger partial charge on any atom is -0.337 e. The van der Waals surface area contributed by atoms with Crippen LogP contribution in [0.2, 0.25) is 0 Å². The van der Waals surface area contributed by atoms with Gasteiger partial charge in [-0.2, -0.15) is 0 Å². The lowest BCUT2D eigenvalue weighted by atomic mass is 10.0. The molecule has 1 aromatic heterocycles. The molecule has 0 bridgehead atoms. The molecule has 0 saturated carbocycles. The molecule has 1 aliphatic rings. The van der Waals surface area contributed by atoms with E-state index >= 15 is 0 Å². The Hall–Kier alpha value is -2.78. The summed E-state index contributed by atoms with van der Waals surface area (Å²) in [5, 5.41) is 0.842. The van der Waals surface area contributed by atoms with E-state index in [0.29, 0.717) is 12.1 Å². The first-order valence-corrected chi connectivity index (χ1v) is 11.9. The molecule has 1 aliphatic heterocycles. The highest BCUT2D eigenvalue weighted by Gasteiger charge is 2.33. The second-order valence-corrected chi connectivity index (χ2v) is 10.3. The van der Waals surface area contributed by atoms with Gasteiger partial charge in [-0.1, -0.05) is 38.1 Å². The summed E-state index contributed by atoms with van der Waals surface area (Å²) < 4.78 is 28.3. The maximum Gasteiger partial charge on any atom is 0.263 e. The van der Waals surface area contributed by atoms with Gasteiger partial charge in [-0.05, 0) is 30.2 Å². The third-order valence-electron chi connectivity index (χ3n) is 4.90. The van der Waals surface area contributed by atoms with E-state index in [-0.39, 0.29) is 22.6 Å². The normalized spacial score (nSPS) is 17.1. The van der Waals surface area contributed by atoms with Crippen LogP contribution in [0.15, 0.2) is 58.4 Å². The van der Waals surface area contributed by atoms with Crippen molar-refractivity contribution in [2.75, 3.05) is 7.05 Å². The summed E-state index contributed by atoms with van der Waals surface area (Å²) in [5.74, 6) is -0.0774. The lowest BCUT2D eigenvalue weighted by Gasteiger charge is -2.23. The second kappa shape index (κ2) is 7.81. The van der Waals surface area contributed by atoms with Crippen LogP contribution in [0.4, 0.5) is 0 Å². The molecule has 1 atom stereocenters. The van der Waals surface area contributed by atoms with Crippen LogP contribution in [0.3, 0.4) is 0 Å². The largest absolute Gasteiger partial charge is 0.337 e. The molecule has 0 aliphatic carbocycles. The van der Waals surface area contributed by atoms with Gasteiger partial charge in [0.15, 0.2) is 0 Å². The van der Waals surface area contributed by atoms with Crippen molar-refractivity contribution >= 4 is 43.3 Å². The molecule has 3 aromatic rings. The molecule has 1 amide bonds. The Kier molecular flexibility index (Phi) is 5.33. The SMILES string of the molecule is CC(C)[C@@H](N=C1NS(=O)(=O)c2ccccc21)C(=O)N(C)Cc1nc2ccccc2s1. The summed E-state index contributed by atoms with van der Waals surface area (Å²) in [6.45, 7) is 4.16. The molecule has 0 radical (unpaired) electrons. The molecule has 1 N–H and O–H groups in total. The number of para-hydroxylation sites is 1. The highest BCUT2D eigenvalue weighted by Crippen LogP contribution is 2.25. The number of aliphatic imine (C=N–C) groups is 1. The number of hydrogen-bond acceptors (Lipinski definition) is 6. The molecule has 0 saturated heterocycles. The molecule has 0 fully saturated rings. The number of rotatable bonds is 5. The number of likely N-dealkylation sites (N-methyl/N-ethyl adjacent to an activating group) is 1. The average Bonchev–Trinajstić information content (AvgIpc) is 3.23. The van der Waals surface area contributed by atoms with Gasteiger partial charge in [0.25, 0.3) is 10.0 Å². The van der Waals surface area contributed by atoms with Crippen LogP contribution in [0.1, 0.15) is 24.4 Å². The maximum absolute atomic E-state index is 13.2. The molecule has 0 spiro atoms. The predicted molar refractivity (Wildman–Crippen MR) is 118 cm³/mol. The van der Waals surface area contributed by atoms with Crippen molar-refractivity contribution in [2.45, 2.75) is 31.3 Å². The molecule has 7 nitrogen and oxygen atoms in total. The zero-order valence-corrected chi connectivity index (χ0v) is 18.5. The number of benzene rings is 2. The van der Waals surface area contributed by atoms with Gasteiger partial charge >= 0.3 is 0 Å². The zero-order chi connectivity index (χ0) is 21.5. The van der Waals surface area contributed by atoms with Crippen molar-refractivity contribution in [3.05, 3.63) is 59.1 Å². The number of amides is 1. The number of carbonyl (C=O) groups excluding carboxylic acids is 1. The summed E-state index contributed by atoms with van der Waals surface area (Å²) in [4.78, 5) is 24.1. The van der Waals surface area contributed by atoms with Gasteiger partial charge in [-0.3, -0.25) is 14.5 Å². The van der Waals surface area contributed by atoms with Gasteiger partial charge in [-0.15, -0.1) is 11.3 Å². The highest BCUT2D eigenvalue weighted by atomic mass is 32.2. The minimum absolute atomic E-state index is 0.111. The first-order chi connectivity index (χ1) is 14.3. The monoisotopic (exact) mass is 442 g/mol. The van der Waals surface area contributed by atoms with E-state index in [2.05, 4.69) is 14.7 Å². The van der Waals surface area contributed by atoms with E-state index in [0.717, 1.165) is 15.2 Å². The number of amidine groups is 1. The highest BCUT2D eigenvalue weighted by molar-refractivity contribution is 7.90. The summed E-state index contributed by atoms with van der Waals surface area (Å²) >= 11 is 1.55. The Morgan fingerprint density at radius 3 is 2.60 bits per heavy atom. The van der Waals surface area contributed by atoms with Crippen LogP contribution >= 0.6 is 11.3 Å². The quantitative estimate of drug-likeness (QED) is 0.657. The third-order valence-corrected chi connectivity index (χ3v) is 7.32. The second-order valence-electron chi connectivity index (χ2n) is 7.54. The lowest BCUT2D eigenvalue weighted by molar-refractivity contribution is -0.132. The van der Waals surface area contributed by atoms with Gasteiger partial charge in [0, 0.05) is 12.6 Å². The van der Waals surface area contributed by atoms with Crippen LogP contribution in [0, 0.1) is 5.92 Å². The van der Waals surface area contributed by atoms with Crippen LogP contribution in [-0.2, 0) is 21.4 Å². The van der Waals surface area contributed by atoms with Crippen LogP contribution in [0.5, 0.6) is 0 Å². The Balaban J connectivity index is 1.60. The van der Waals surface area contributed by atoms with Crippen molar-refractivity contribution in [3.63, 3.8) is 0 Å². The van der Waals surface area contributed by atoms with Gasteiger partial charge < -0.3 is 4.90 Å². The molecule has 2 heterocycles. The Bertz CT molecular complexity index is 1210. The number of thiazole rings is 1. The smallest absolute Gasteiger partial charge is 0.263 e. The topological polar surface area (TPSA) is 91.7 Å². The number of carbonyl (C=O) groups is 1. The van der Waals surface area contributed by atoms with Crippen molar-refractivity contribution in [2.24, 2.45) is 10.9 Å². The standard InChI is InChI=1S/C21H22N4O3S2/c1-13(2)19(23-20-14-8-4-7-11-17(14)30(27,28)24-20)21(26)25(3)12-18-22-15-9-5-6-10-16(15)29-18/h4-11,13,19H,12H2,1-3H3,(H,23,24)/t19-/m1/s1. The van der Waals surface area contributed by atoms with Crippen LogP contribution in [-0.4, -0.2) is 43.1 Å². The summed E-state index contributed by atoms with van der Waals surface area (Å²) in [5.41, 5.74) is 1.40. The zero-order valence-electron chi connectivity index (χ0n) is 16.9. The third kappa shape index (κ3) is 3.82. The van der Waals surface area contributed by atoms with Crippen LogP contribution < -0.4 is 4.72 Å². The van der Waals surface area contributed by atoms with Crippen molar-refractivity contribution in [3.8, 4) is 0 Å². The van der Waals surface area contributed by atoms with E-state index in [1.165, 1.54) is 6.07 Å². The minimum atomic E-state index is -3.65. The Morgan fingerprint density at radius 1 is 1.17 bits per heavy atom. The first-order valence-electron chi connectivity index (χ1n) is 9.55. The molecular formula is C21H22N4O3S2. The molecule has 4 rings (SSSR count). The number of hydrogen-bond donors (Lipinski definition) is 1.